The van der Waals surface area contributed by atoms with Gasteiger partial charge in [0.25, 0.3) is 0 Å². The molecule has 0 spiro atoms. The molecule has 1 amide bonds. The maximum Gasteiger partial charge on any atom is 0.408 e. The molecular weight excluding hydrogens is 237 g/mol. The summed E-state index contributed by atoms with van der Waals surface area (Å²) in [5.41, 5.74) is -0.368. The molecule has 0 saturated carbocycles. The van der Waals surface area contributed by atoms with Crippen LogP contribution in [0.5, 0.6) is 0 Å². The third kappa shape index (κ3) is 1.95. The summed E-state index contributed by atoms with van der Waals surface area (Å²) in [5.74, 6) is -0.514. The molecule has 18 heavy (non-hydrogen) atoms. The first kappa shape index (κ1) is 12.8. The Hall–Kier alpha value is -1.62. The van der Waals surface area contributed by atoms with Crippen LogP contribution in [0.2, 0.25) is 0 Å². The zero-order valence-corrected chi connectivity index (χ0v) is 10.3. The number of benzene rings is 1. The van der Waals surface area contributed by atoms with Crippen LogP contribution >= 0.6 is 0 Å². The number of hydrogen-bond acceptors (Lipinski definition) is 2. The number of hydrogen-bond donors (Lipinski definition) is 2. The van der Waals surface area contributed by atoms with Gasteiger partial charge in [0.1, 0.15) is 11.9 Å². The van der Waals surface area contributed by atoms with Crippen LogP contribution in [0.25, 0.3) is 0 Å². The Morgan fingerprint density at radius 2 is 2.11 bits per heavy atom. The van der Waals surface area contributed by atoms with Crippen molar-refractivity contribution in [2.45, 2.75) is 38.0 Å². The van der Waals surface area contributed by atoms with Gasteiger partial charge in [-0.2, -0.15) is 0 Å². The third-order valence-corrected chi connectivity index (χ3v) is 3.49. The normalized spacial score (nSPS) is 23.3. The van der Waals surface area contributed by atoms with E-state index in [1.165, 1.54) is 23.1 Å². The van der Waals surface area contributed by atoms with Crippen molar-refractivity contribution in [1.29, 1.82) is 0 Å². The zero-order chi connectivity index (χ0) is 13.5. The predicted octanol–water partition coefficient (Wildman–Crippen LogP) is 2.39. The molecule has 5 heteroatoms. The summed E-state index contributed by atoms with van der Waals surface area (Å²) in [7, 11) is 0. The van der Waals surface area contributed by atoms with Crippen LogP contribution < -0.4 is 0 Å². The predicted molar refractivity (Wildman–Crippen MR) is 63.7 cm³/mol. The van der Waals surface area contributed by atoms with E-state index in [4.69, 9.17) is 5.11 Å². The first-order chi connectivity index (χ1) is 8.34. The van der Waals surface area contributed by atoms with Crippen LogP contribution in [0.3, 0.4) is 0 Å². The molecule has 1 aliphatic heterocycles. The van der Waals surface area contributed by atoms with Crippen LogP contribution in [0.15, 0.2) is 24.3 Å². The summed E-state index contributed by atoms with van der Waals surface area (Å²) in [6.45, 7) is 3.57. The summed E-state index contributed by atoms with van der Waals surface area (Å²) >= 11 is 0. The maximum absolute atomic E-state index is 13.6. The molecule has 1 heterocycles. The number of rotatable bonds is 2. The van der Waals surface area contributed by atoms with Crippen LogP contribution in [0.4, 0.5) is 9.18 Å². The molecule has 2 atom stereocenters. The minimum Gasteiger partial charge on any atom is -0.465 e. The molecule has 1 aromatic carbocycles. The first-order valence-electron chi connectivity index (χ1n) is 5.79. The Balaban J connectivity index is 2.24. The van der Waals surface area contributed by atoms with Gasteiger partial charge in [-0.25, -0.2) is 9.18 Å². The van der Waals surface area contributed by atoms with Gasteiger partial charge < -0.3 is 10.2 Å². The number of nitrogens with zero attached hydrogens (tertiary/aromatic N) is 1. The van der Waals surface area contributed by atoms with Crippen LogP contribution in [-0.4, -0.2) is 32.8 Å². The summed E-state index contributed by atoms with van der Waals surface area (Å²) in [6, 6.07) is 5.30. The molecule has 1 aromatic rings. The quantitative estimate of drug-likeness (QED) is 0.850. The molecule has 0 aromatic heterocycles. The van der Waals surface area contributed by atoms with E-state index in [0.29, 0.717) is 6.42 Å². The van der Waals surface area contributed by atoms with Gasteiger partial charge in [-0.15, -0.1) is 0 Å². The molecule has 1 aliphatic rings. The number of amides is 1. The van der Waals surface area contributed by atoms with Crippen LogP contribution in [0.1, 0.15) is 31.9 Å². The molecule has 0 unspecified atom stereocenters. The number of aliphatic hydroxyl groups excluding tert-OH is 1. The van der Waals surface area contributed by atoms with Gasteiger partial charge in [-0.05, 0) is 26.3 Å². The molecule has 1 saturated heterocycles. The fourth-order valence-electron chi connectivity index (χ4n) is 2.61. The lowest BCUT2D eigenvalue weighted by molar-refractivity contribution is -0.0860. The summed E-state index contributed by atoms with van der Waals surface area (Å²) < 4.78 is 13.6. The maximum atomic E-state index is 13.6. The van der Waals surface area contributed by atoms with Gasteiger partial charge in [0.2, 0.25) is 0 Å². The lowest BCUT2D eigenvalue weighted by Gasteiger charge is -2.54. The first-order valence-corrected chi connectivity index (χ1v) is 5.79. The molecule has 0 radical (unpaired) electrons. The van der Waals surface area contributed by atoms with Crippen molar-refractivity contribution in [2.24, 2.45) is 0 Å². The number of carbonyl (C=O) groups is 1. The standard InChI is InChI=1S/C13H16FNO3/c1-13(2)7-10(15(13)12(17)18)11(16)8-5-3-4-6-9(8)14/h3-6,10-11,16H,7H2,1-2H3,(H,17,18)/t10-,11+/m1/s1. The fraction of sp³-hybridized carbons (Fsp3) is 0.462. The average Bonchev–Trinajstić information content (AvgIpc) is 2.25. The molecule has 4 nitrogen and oxygen atoms in total. The minimum absolute atomic E-state index is 0.143. The number of likely N-dealkylation sites (tertiary alicyclic amines) is 1. The molecular formula is C13H16FNO3. The average molecular weight is 253 g/mol. The molecule has 0 aliphatic carbocycles. The number of aliphatic hydroxyl groups is 1. The summed E-state index contributed by atoms with van der Waals surface area (Å²) in [6.07, 6.45) is -1.71. The fourth-order valence-corrected chi connectivity index (χ4v) is 2.61. The molecule has 2 rings (SSSR count). The van der Waals surface area contributed by atoms with Crippen LogP contribution in [-0.2, 0) is 0 Å². The van der Waals surface area contributed by atoms with Crippen molar-refractivity contribution >= 4 is 6.09 Å². The van der Waals surface area contributed by atoms with Gasteiger partial charge in [0.05, 0.1) is 6.04 Å². The van der Waals surface area contributed by atoms with Gasteiger partial charge >= 0.3 is 6.09 Å². The largest absolute Gasteiger partial charge is 0.465 e. The molecule has 0 bridgehead atoms. The monoisotopic (exact) mass is 253 g/mol. The molecule has 2 N–H and O–H groups in total. The molecule has 98 valence electrons. The highest BCUT2D eigenvalue weighted by atomic mass is 19.1. The van der Waals surface area contributed by atoms with E-state index in [1.807, 2.05) is 0 Å². The van der Waals surface area contributed by atoms with Crippen LogP contribution in [0, 0.1) is 5.82 Å². The van der Waals surface area contributed by atoms with Crippen molar-refractivity contribution < 1.29 is 19.4 Å². The summed E-state index contributed by atoms with van der Waals surface area (Å²) in [5, 5.41) is 19.3. The van der Waals surface area contributed by atoms with E-state index in [9.17, 15) is 14.3 Å². The Morgan fingerprint density at radius 1 is 1.50 bits per heavy atom. The highest BCUT2D eigenvalue weighted by Crippen LogP contribution is 2.42. The van der Waals surface area contributed by atoms with E-state index in [1.54, 1.807) is 19.9 Å². The summed E-state index contributed by atoms with van der Waals surface area (Å²) in [4.78, 5) is 12.3. The topological polar surface area (TPSA) is 60.8 Å². The third-order valence-electron chi connectivity index (χ3n) is 3.49. The Labute approximate surface area is 105 Å². The van der Waals surface area contributed by atoms with E-state index in [0.717, 1.165) is 0 Å². The minimum atomic E-state index is -1.13. The van der Waals surface area contributed by atoms with Crippen molar-refractivity contribution in [3.05, 3.63) is 35.6 Å². The smallest absolute Gasteiger partial charge is 0.408 e. The van der Waals surface area contributed by atoms with E-state index in [2.05, 4.69) is 0 Å². The Kier molecular flexibility index (Phi) is 3.02. The van der Waals surface area contributed by atoms with Crippen molar-refractivity contribution in [1.82, 2.24) is 4.90 Å². The van der Waals surface area contributed by atoms with Gasteiger partial charge in [0, 0.05) is 11.1 Å². The highest BCUT2D eigenvalue weighted by molar-refractivity contribution is 5.68. The van der Waals surface area contributed by atoms with Crippen molar-refractivity contribution in [2.75, 3.05) is 0 Å². The Bertz CT molecular complexity index is 475. The SMILES string of the molecule is CC1(C)C[C@H]([C@@H](O)c2ccccc2F)N1C(=O)O. The van der Waals surface area contributed by atoms with Gasteiger partial charge in [-0.1, -0.05) is 18.2 Å². The van der Waals surface area contributed by atoms with E-state index in [-0.39, 0.29) is 5.56 Å². The second-order valence-corrected chi connectivity index (χ2v) is 5.20. The van der Waals surface area contributed by atoms with E-state index >= 15 is 0 Å². The highest BCUT2D eigenvalue weighted by Gasteiger charge is 2.51. The number of halogens is 1. The number of carboxylic acid groups (broad SMARTS) is 1. The lowest BCUT2D eigenvalue weighted by atomic mass is 9.77. The van der Waals surface area contributed by atoms with Crippen molar-refractivity contribution in [3.63, 3.8) is 0 Å². The van der Waals surface area contributed by atoms with Gasteiger partial charge in [0.15, 0.2) is 0 Å². The molecule has 1 fully saturated rings. The lowest BCUT2D eigenvalue weighted by Crippen LogP contribution is -2.66. The zero-order valence-electron chi connectivity index (χ0n) is 10.3. The second kappa shape index (κ2) is 4.24. The second-order valence-electron chi connectivity index (χ2n) is 5.20. The Morgan fingerprint density at radius 3 is 2.61 bits per heavy atom. The van der Waals surface area contributed by atoms with Crippen molar-refractivity contribution in [3.8, 4) is 0 Å². The van der Waals surface area contributed by atoms with E-state index < -0.39 is 29.6 Å². The van der Waals surface area contributed by atoms with Gasteiger partial charge in [-0.3, -0.25) is 4.90 Å².